The summed E-state index contributed by atoms with van der Waals surface area (Å²) in [5, 5.41) is 4.79. The molecule has 2 aromatic rings. The summed E-state index contributed by atoms with van der Waals surface area (Å²) < 4.78 is 28.4. The van der Waals surface area contributed by atoms with Gasteiger partial charge in [0.25, 0.3) is 6.43 Å². The highest BCUT2D eigenvalue weighted by Gasteiger charge is 2.31. The van der Waals surface area contributed by atoms with E-state index in [1.54, 1.807) is 6.92 Å². The number of fused-ring (bicyclic) bond motifs is 2. The Balaban J connectivity index is 1.80. The third-order valence-electron chi connectivity index (χ3n) is 5.42. The van der Waals surface area contributed by atoms with Gasteiger partial charge in [-0.25, -0.2) is 8.78 Å². The van der Waals surface area contributed by atoms with Gasteiger partial charge in [-0.05, 0) is 25.8 Å². The molecule has 0 atom stereocenters. The first kappa shape index (κ1) is 17.9. The first-order chi connectivity index (χ1) is 13.0. The molecule has 0 aliphatic carbocycles. The number of aryl methyl sites for hydroxylation is 2. The molecule has 144 valence electrons. The van der Waals surface area contributed by atoms with Gasteiger partial charge in [0.1, 0.15) is 0 Å². The second kappa shape index (κ2) is 6.90. The number of nitrogens with zero attached hydrogens (tertiary/aromatic N) is 5. The average Bonchev–Trinajstić information content (AvgIpc) is 3.04. The summed E-state index contributed by atoms with van der Waals surface area (Å²) in [6, 6.07) is 1.54. The van der Waals surface area contributed by atoms with Crippen molar-refractivity contribution in [3.8, 4) is 0 Å². The summed E-state index contributed by atoms with van der Waals surface area (Å²) in [5.74, 6) is 0.809. The van der Waals surface area contributed by atoms with E-state index >= 15 is 0 Å². The molecule has 1 amide bonds. The summed E-state index contributed by atoms with van der Waals surface area (Å²) in [6.45, 7) is 6.24. The minimum Gasteiger partial charge on any atom is -0.338 e. The second-order valence-corrected chi connectivity index (χ2v) is 7.05. The van der Waals surface area contributed by atoms with E-state index in [1.165, 1.54) is 12.3 Å². The lowest BCUT2D eigenvalue weighted by Crippen LogP contribution is -2.35. The van der Waals surface area contributed by atoms with E-state index in [0.29, 0.717) is 25.3 Å². The van der Waals surface area contributed by atoms with Crippen molar-refractivity contribution < 1.29 is 13.6 Å². The van der Waals surface area contributed by atoms with Crippen LogP contribution < -0.4 is 4.90 Å². The number of aromatic nitrogens is 3. The van der Waals surface area contributed by atoms with Crippen LogP contribution in [-0.4, -0.2) is 38.7 Å². The molecule has 0 saturated heterocycles. The Kier molecular flexibility index (Phi) is 4.57. The number of rotatable bonds is 3. The first-order valence-corrected chi connectivity index (χ1v) is 9.38. The lowest BCUT2D eigenvalue weighted by atomic mass is 10.0. The van der Waals surface area contributed by atoms with Crippen LogP contribution in [0.4, 0.5) is 20.3 Å². The highest BCUT2D eigenvalue weighted by molar-refractivity contribution is 5.75. The molecule has 4 heterocycles. The lowest BCUT2D eigenvalue weighted by Gasteiger charge is -2.32. The number of halogens is 2. The summed E-state index contributed by atoms with van der Waals surface area (Å²) in [6.07, 6.45) is 1.13. The van der Waals surface area contributed by atoms with Crippen molar-refractivity contribution in [1.29, 1.82) is 0 Å². The van der Waals surface area contributed by atoms with Crippen LogP contribution in [0, 0.1) is 0 Å². The first-order valence-electron chi connectivity index (χ1n) is 9.38. The molecule has 8 heteroatoms. The topological polar surface area (TPSA) is 54.3 Å². The average molecular weight is 375 g/mol. The fraction of sp³-hybridized carbons (Fsp3) is 0.526. The molecule has 0 aromatic carbocycles. The van der Waals surface area contributed by atoms with Gasteiger partial charge < -0.3 is 9.80 Å². The highest BCUT2D eigenvalue weighted by Crippen LogP contribution is 2.38. The number of pyridine rings is 1. The highest BCUT2D eigenvalue weighted by atomic mass is 19.3. The zero-order chi connectivity index (χ0) is 19.1. The normalized spacial score (nSPS) is 16.5. The SMILES string of the molecule is CCn1nc(N2CCCc3ncc(C(F)F)cc32)c2c1CCN(C(C)=O)C2. The Morgan fingerprint density at radius 2 is 2.11 bits per heavy atom. The maximum absolute atomic E-state index is 13.2. The summed E-state index contributed by atoms with van der Waals surface area (Å²) in [7, 11) is 0. The van der Waals surface area contributed by atoms with Crippen molar-refractivity contribution in [2.45, 2.75) is 52.6 Å². The third-order valence-corrected chi connectivity index (χ3v) is 5.42. The zero-order valence-corrected chi connectivity index (χ0v) is 15.6. The predicted octanol–water partition coefficient (Wildman–Crippen LogP) is 3.22. The van der Waals surface area contributed by atoms with Crippen LogP contribution >= 0.6 is 0 Å². The predicted molar refractivity (Wildman–Crippen MR) is 97.2 cm³/mol. The van der Waals surface area contributed by atoms with E-state index in [-0.39, 0.29) is 11.5 Å². The number of hydrogen-bond acceptors (Lipinski definition) is 4. The Labute approximate surface area is 156 Å². The Morgan fingerprint density at radius 1 is 1.30 bits per heavy atom. The van der Waals surface area contributed by atoms with Crippen molar-refractivity contribution in [2.24, 2.45) is 0 Å². The van der Waals surface area contributed by atoms with E-state index in [0.717, 1.165) is 48.6 Å². The summed E-state index contributed by atoms with van der Waals surface area (Å²) in [5.41, 5.74) is 3.62. The monoisotopic (exact) mass is 375 g/mol. The second-order valence-electron chi connectivity index (χ2n) is 7.05. The van der Waals surface area contributed by atoms with Crippen molar-refractivity contribution in [1.82, 2.24) is 19.7 Å². The van der Waals surface area contributed by atoms with Crippen molar-refractivity contribution in [3.63, 3.8) is 0 Å². The standard InChI is InChI=1S/C19H23F2N5O/c1-3-26-16-6-8-24(12(2)27)11-14(16)19(23-26)25-7-4-5-15-17(25)9-13(10-22-15)18(20)21/h9-10,18H,3-8,11H2,1-2H3. The van der Waals surface area contributed by atoms with Gasteiger partial charge in [-0.3, -0.25) is 14.5 Å². The van der Waals surface area contributed by atoms with E-state index in [1.807, 2.05) is 21.4 Å². The van der Waals surface area contributed by atoms with Crippen LogP contribution in [0.2, 0.25) is 0 Å². The largest absolute Gasteiger partial charge is 0.338 e. The van der Waals surface area contributed by atoms with Gasteiger partial charge >= 0.3 is 0 Å². The number of carbonyl (C=O) groups is 1. The van der Waals surface area contributed by atoms with Crippen LogP contribution in [0.25, 0.3) is 0 Å². The quantitative estimate of drug-likeness (QED) is 0.827. The number of carbonyl (C=O) groups excluding carboxylic acids is 1. The van der Waals surface area contributed by atoms with Gasteiger partial charge in [0.2, 0.25) is 5.91 Å². The molecule has 27 heavy (non-hydrogen) atoms. The number of alkyl halides is 2. The molecule has 0 N–H and O–H groups in total. The Morgan fingerprint density at radius 3 is 2.81 bits per heavy atom. The third kappa shape index (κ3) is 3.07. The molecule has 0 radical (unpaired) electrons. The fourth-order valence-electron chi connectivity index (χ4n) is 4.01. The van der Waals surface area contributed by atoms with Crippen LogP contribution in [0.15, 0.2) is 12.3 Å². The lowest BCUT2D eigenvalue weighted by molar-refractivity contribution is -0.129. The van der Waals surface area contributed by atoms with Gasteiger partial charge in [0.05, 0.1) is 17.9 Å². The maximum Gasteiger partial charge on any atom is 0.265 e. The van der Waals surface area contributed by atoms with E-state index < -0.39 is 6.43 Å². The molecule has 2 aliphatic rings. The van der Waals surface area contributed by atoms with Gasteiger partial charge in [-0.15, -0.1) is 0 Å². The van der Waals surface area contributed by atoms with Crippen LogP contribution in [0.1, 0.15) is 49.2 Å². The van der Waals surface area contributed by atoms with Gasteiger partial charge in [0.15, 0.2) is 5.82 Å². The smallest absolute Gasteiger partial charge is 0.265 e. The van der Waals surface area contributed by atoms with Crippen molar-refractivity contribution >= 4 is 17.4 Å². The molecule has 0 saturated carbocycles. The molecular weight excluding hydrogens is 352 g/mol. The molecule has 6 nitrogen and oxygen atoms in total. The van der Waals surface area contributed by atoms with E-state index in [2.05, 4.69) is 4.98 Å². The molecule has 0 unspecified atom stereocenters. The van der Waals surface area contributed by atoms with Crippen molar-refractivity contribution in [2.75, 3.05) is 18.0 Å². The van der Waals surface area contributed by atoms with E-state index in [4.69, 9.17) is 5.10 Å². The van der Waals surface area contributed by atoms with Gasteiger partial charge in [-0.1, -0.05) is 0 Å². The van der Waals surface area contributed by atoms with E-state index in [9.17, 15) is 13.6 Å². The molecule has 2 aliphatic heterocycles. The minimum atomic E-state index is -2.55. The summed E-state index contributed by atoms with van der Waals surface area (Å²) >= 11 is 0. The van der Waals surface area contributed by atoms with Gasteiger partial charge in [-0.2, -0.15) is 5.10 Å². The molecular formula is C19H23F2N5O. The molecule has 0 bridgehead atoms. The summed E-state index contributed by atoms with van der Waals surface area (Å²) in [4.78, 5) is 20.0. The van der Waals surface area contributed by atoms with Crippen LogP contribution in [0.5, 0.6) is 0 Å². The number of amides is 1. The molecule has 0 fully saturated rings. The van der Waals surface area contributed by atoms with Crippen molar-refractivity contribution in [3.05, 3.63) is 34.8 Å². The number of hydrogen-bond donors (Lipinski definition) is 0. The van der Waals surface area contributed by atoms with Gasteiger partial charge in [0, 0.05) is 56.0 Å². The molecule has 0 spiro atoms. The molecule has 4 rings (SSSR count). The maximum atomic E-state index is 13.2. The van der Waals surface area contributed by atoms with Crippen LogP contribution in [0.3, 0.4) is 0 Å². The Hall–Kier alpha value is -2.51. The fourth-order valence-corrected chi connectivity index (χ4v) is 4.01. The minimum absolute atomic E-state index is 0.0385. The van der Waals surface area contributed by atoms with Crippen LogP contribution in [-0.2, 0) is 30.7 Å². The Bertz CT molecular complexity index is 879. The number of anilines is 2. The zero-order valence-electron chi connectivity index (χ0n) is 15.6. The molecule has 2 aromatic heterocycles.